The fourth-order valence-corrected chi connectivity index (χ4v) is 2.91. The highest BCUT2D eigenvalue weighted by atomic mass is 16.5. The van der Waals surface area contributed by atoms with E-state index in [2.05, 4.69) is 11.5 Å². The van der Waals surface area contributed by atoms with Crippen molar-refractivity contribution in [3.63, 3.8) is 0 Å². The van der Waals surface area contributed by atoms with E-state index in [0.29, 0.717) is 13.0 Å². The number of nitrogens with zero attached hydrogens (tertiary/aromatic N) is 1. The number of carbonyl (C=O) groups is 1. The fraction of sp³-hybridized carbons (Fsp3) is 0.727. The number of hydrogen-bond acceptors (Lipinski definition) is 4. The lowest BCUT2D eigenvalue weighted by Crippen LogP contribution is -2.49. The molecule has 0 aromatic carbocycles. The summed E-state index contributed by atoms with van der Waals surface area (Å²) in [6.45, 7) is 4.75. The predicted octanol–water partition coefficient (Wildman–Crippen LogP) is 0.315. The van der Waals surface area contributed by atoms with Crippen molar-refractivity contribution in [2.75, 3.05) is 20.3 Å². The van der Waals surface area contributed by atoms with E-state index in [4.69, 9.17) is 4.74 Å². The largest absolute Gasteiger partial charge is 0.468 e. The van der Waals surface area contributed by atoms with Gasteiger partial charge in [0.15, 0.2) is 0 Å². The lowest BCUT2D eigenvalue weighted by Gasteiger charge is -2.31. The van der Waals surface area contributed by atoms with Gasteiger partial charge in [0.25, 0.3) is 0 Å². The van der Waals surface area contributed by atoms with Crippen molar-refractivity contribution in [1.82, 2.24) is 4.90 Å². The van der Waals surface area contributed by atoms with E-state index in [9.17, 15) is 9.90 Å². The van der Waals surface area contributed by atoms with Gasteiger partial charge in [-0.15, -0.1) is 0 Å². The lowest BCUT2D eigenvalue weighted by atomic mass is 9.93. The molecule has 0 unspecified atom stereocenters. The van der Waals surface area contributed by atoms with Crippen LogP contribution >= 0.6 is 0 Å². The second kappa shape index (κ2) is 3.61. The molecule has 0 bridgehead atoms. The van der Waals surface area contributed by atoms with E-state index in [1.807, 2.05) is 0 Å². The molecule has 84 valence electrons. The van der Waals surface area contributed by atoms with E-state index >= 15 is 0 Å². The van der Waals surface area contributed by atoms with E-state index in [1.54, 1.807) is 0 Å². The van der Waals surface area contributed by atoms with Gasteiger partial charge in [0.1, 0.15) is 5.54 Å². The normalized spacial score (nSPS) is 35.6. The highest BCUT2D eigenvalue weighted by Crippen LogP contribution is 2.44. The molecule has 1 N–H and O–H groups in total. The molecule has 15 heavy (non-hydrogen) atoms. The molecule has 0 radical (unpaired) electrons. The molecule has 0 aliphatic carbocycles. The summed E-state index contributed by atoms with van der Waals surface area (Å²) < 4.78 is 4.88. The molecule has 0 aromatic heterocycles. The number of fused-ring (bicyclic) bond motifs is 1. The van der Waals surface area contributed by atoms with Crippen LogP contribution in [0, 0.1) is 0 Å². The van der Waals surface area contributed by atoms with Gasteiger partial charge in [0, 0.05) is 12.6 Å². The summed E-state index contributed by atoms with van der Waals surface area (Å²) in [4.78, 5) is 13.9. The van der Waals surface area contributed by atoms with Gasteiger partial charge in [0.2, 0.25) is 0 Å². The summed E-state index contributed by atoms with van der Waals surface area (Å²) in [5.41, 5.74) is 0.526. The molecule has 2 aliphatic rings. The number of aliphatic hydroxyl groups excluding tert-OH is 1. The highest BCUT2D eigenvalue weighted by Gasteiger charge is 2.55. The smallest absolute Gasteiger partial charge is 0.326 e. The van der Waals surface area contributed by atoms with Crippen LogP contribution in [-0.4, -0.2) is 47.8 Å². The summed E-state index contributed by atoms with van der Waals surface area (Å²) in [6, 6.07) is 0.0864. The number of carbonyl (C=O) groups excluding carboxylic acids is 1. The molecule has 2 saturated heterocycles. The molecule has 2 fully saturated rings. The van der Waals surface area contributed by atoms with Gasteiger partial charge in [-0.2, -0.15) is 0 Å². The molecular weight excluding hydrogens is 194 g/mol. The Bertz CT molecular complexity index is 302. The zero-order valence-electron chi connectivity index (χ0n) is 9.03. The Labute approximate surface area is 89.5 Å². The molecule has 0 amide bonds. The Morgan fingerprint density at radius 3 is 3.13 bits per heavy atom. The molecule has 0 spiro atoms. The second-order valence-electron chi connectivity index (χ2n) is 4.45. The standard InChI is InChI=1S/C11H17NO3/c1-8-5-11(10(14)15-2)4-3-9(7-13)12(11)6-8/h9,13H,1,3-7H2,2H3/t9-,11+/m0/s1. The molecule has 2 aliphatic heterocycles. The van der Waals surface area contributed by atoms with Gasteiger partial charge < -0.3 is 9.84 Å². The van der Waals surface area contributed by atoms with E-state index in [0.717, 1.165) is 18.4 Å². The van der Waals surface area contributed by atoms with Crippen molar-refractivity contribution in [3.05, 3.63) is 12.2 Å². The average molecular weight is 211 g/mol. The van der Waals surface area contributed by atoms with Gasteiger partial charge in [-0.3, -0.25) is 9.69 Å². The van der Waals surface area contributed by atoms with Crippen LogP contribution in [-0.2, 0) is 9.53 Å². The fourth-order valence-electron chi connectivity index (χ4n) is 2.91. The first-order valence-corrected chi connectivity index (χ1v) is 5.27. The third kappa shape index (κ3) is 1.40. The number of ether oxygens (including phenoxy) is 1. The highest BCUT2D eigenvalue weighted by molar-refractivity contribution is 5.82. The average Bonchev–Trinajstić information content (AvgIpc) is 2.71. The Hall–Kier alpha value is -0.870. The van der Waals surface area contributed by atoms with Gasteiger partial charge in [0.05, 0.1) is 13.7 Å². The van der Waals surface area contributed by atoms with Crippen LogP contribution in [0.4, 0.5) is 0 Å². The predicted molar refractivity (Wildman–Crippen MR) is 55.3 cm³/mol. The van der Waals surface area contributed by atoms with Crippen LogP contribution in [0.3, 0.4) is 0 Å². The molecule has 2 heterocycles. The van der Waals surface area contributed by atoms with E-state index in [1.165, 1.54) is 7.11 Å². The topological polar surface area (TPSA) is 49.8 Å². The summed E-state index contributed by atoms with van der Waals surface area (Å²) in [5, 5.41) is 9.24. The Kier molecular flexibility index (Phi) is 2.56. The van der Waals surface area contributed by atoms with Crippen LogP contribution < -0.4 is 0 Å². The Balaban J connectivity index is 2.29. The van der Waals surface area contributed by atoms with E-state index in [-0.39, 0.29) is 18.6 Å². The lowest BCUT2D eigenvalue weighted by molar-refractivity contribution is -0.152. The van der Waals surface area contributed by atoms with Crippen LogP contribution in [0.1, 0.15) is 19.3 Å². The summed E-state index contributed by atoms with van der Waals surface area (Å²) in [7, 11) is 1.42. The second-order valence-corrected chi connectivity index (χ2v) is 4.45. The maximum absolute atomic E-state index is 11.8. The van der Waals surface area contributed by atoms with Crippen LogP contribution in [0.25, 0.3) is 0 Å². The number of esters is 1. The van der Waals surface area contributed by atoms with Gasteiger partial charge in [-0.1, -0.05) is 12.2 Å². The van der Waals surface area contributed by atoms with Crippen molar-refractivity contribution in [3.8, 4) is 0 Å². The van der Waals surface area contributed by atoms with Crippen molar-refractivity contribution >= 4 is 5.97 Å². The summed E-state index contributed by atoms with van der Waals surface area (Å²) in [6.07, 6.45) is 2.30. The minimum absolute atomic E-state index is 0.0864. The zero-order valence-corrected chi connectivity index (χ0v) is 9.03. The number of hydrogen-bond donors (Lipinski definition) is 1. The van der Waals surface area contributed by atoms with Gasteiger partial charge >= 0.3 is 5.97 Å². The molecule has 4 nitrogen and oxygen atoms in total. The van der Waals surface area contributed by atoms with Crippen LogP contribution in [0.15, 0.2) is 12.2 Å². The first kappa shape index (κ1) is 10.6. The summed E-state index contributed by atoms with van der Waals surface area (Å²) >= 11 is 0. The first-order valence-electron chi connectivity index (χ1n) is 5.27. The molecular formula is C11H17NO3. The number of rotatable bonds is 2. The molecule has 0 aromatic rings. The summed E-state index contributed by atoms with van der Waals surface area (Å²) in [5.74, 6) is -0.183. The van der Waals surface area contributed by atoms with Crippen molar-refractivity contribution in [2.45, 2.75) is 30.8 Å². The third-order valence-corrected chi connectivity index (χ3v) is 3.59. The van der Waals surface area contributed by atoms with Crippen LogP contribution in [0.2, 0.25) is 0 Å². The zero-order chi connectivity index (χ0) is 11.1. The van der Waals surface area contributed by atoms with E-state index < -0.39 is 5.54 Å². The maximum Gasteiger partial charge on any atom is 0.326 e. The molecule has 0 saturated carbocycles. The van der Waals surface area contributed by atoms with Crippen LogP contribution in [0.5, 0.6) is 0 Å². The maximum atomic E-state index is 11.8. The Morgan fingerprint density at radius 1 is 1.80 bits per heavy atom. The SMILES string of the molecule is C=C1CN2[C@H](CO)CC[C@]2(C(=O)OC)C1. The molecule has 2 rings (SSSR count). The number of methoxy groups -OCH3 is 1. The van der Waals surface area contributed by atoms with Crippen molar-refractivity contribution in [2.24, 2.45) is 0 Å². The first-order chi connectivity index (χ1) is 7.14. The molecule has 2 atom stereocenters. The van der Waals surface area contributed by atoms with Gasteiger partial charge in [-0.05, 0) is 19.3 Å². The van der Waals surface area contributed by atoms with Crippen molar-refractivity contribution in [1.29, 1.82) is 0 Å². The minimum atomic E-state index is -0.529. The molecule has 4 heteroatoms. The Morgan fingerprint density at radius 2 is 2.53 bits per heavy atom. The number of aliphatic hydroxyl groups is 1. The van der Waals surface area contributed by atoms with Gasteiger partial charge in [-0.25, -0.2) is 0 Å². The monoisotopic (exact) mass is 211 g/mol. The third-order valence-electron chi connectivity index (χ3n) is 3.59. The van der Waals surface area contributed by atoms with Crippen molar-refractivity contribution < 1.29 is 14.6 Å². The quantitative estimate of drug-likeness (QED) is 0.528. The minimum Gasteiger partial charge on any atom is -0.468 e.